The molecule has 400 valence electrons. The van der Waals surface area contributed by atoms with E-state index in [0.717, 1.165) is 74.5 Å². The van der Waals surface area contributed by atoms with Crippen molar-refractivity contribution in [3.63, 3.8) is 0 Å². The van der Waals surface area contributed by atoms with Crippen LogP contribution in [0, 0.1) is 0 Å². The van der Waals surface area contributed by atoms with Gasteiger partial charge in [-0.3, -0.25) is 4.79 Å². The number of benzene rings is 2. The Bertz CT molecular complexity index is 3390. The van der Waals surface area contributed by atoms with Gasteiger partial charge < -0.3 is 8.85 Å². The molecule has 0 N–H and O–H groups in total. The molecule has 76 heavy (non-hydrogen) atoms. The maximum Gasteiger partial charge on any atom is 0.200 e. The normalized spacial score (nSPS) is 13.2. The van der Waals surface area contributed by atoms with Crippen molar-refractivity contribution in [1.82, 2.24) is 49.5 Å². The third-order valence-electron chi connectivity index (χ3n) is 14.0. The highest BCUT2D eigenvalue weighted by Gasteiger charge is 2.38. The number of carbonyl (C=O) groups is 1. The van der Waals surface area contributed by atoms with Gasteiger partial charge in [0.25, 0.3) is 0 Å². The number of pyridine rings is 2. The van der Waals surface area contributed by atoms with Crippen LogP contribution >= 0.6 is 0 Å². The van der Waals surface area contributed by atoms with Gasteiger partial charge in [-0.15, -0.1) is 0 Å². The molecule has 8 aromatic rings. The van der Waals surface area contributed by atoms with Crippen LogP contribution < -0.4 is 0 Å². The smallest absolute Gasteiger partial charge is 0.200 e. The first kappa shape index (κ1) is 57.4. The number of aromatic nitrogens is 10. The number of rotatable bonds is 17. The van der Waals surface area contributed by atoms with E-state index in [9.17, 15) is 9.00 Å². The highest BCUT2D eigenvalue weighted by Crippen LogP contribution is 2.38. The molecule has 0 saturated carbocycles. The molecule has 8 rings (SSSR count). The number of hydrogen-bond acceptors (Lipinski definition) is 12. The molecule has 18 heteroatoms. The Balaban J connectivity index is 0.000000224. The lowest BCUT2D eigenvalue weighted by atomic mass is 10.1. The lowest BCUT2D eigenvalue weighted by Gasteiger charge is -2.36. The number of carbonyl (C=O) groups excluding carboxylic acids is 1. The summed E-state index contributed by atoms with van der Waals surface area (Å²) < 4.78 is 33.3. The Morgan fingerprint density at radius 1 is 0.592 bits per heavy atom. The Hall–Kier alpha value is -6.32. The molecular formula is C58H75N11O4SSi2. The summed E-state index contributed by atoms with van der Waals surface area (Å²) in [6, 6.07) is 27.7. The minimum absolute atomic E-state index is 0.0404. The fraction of sp³-hybridized carbons (Fsp3) is 0.414. The highest BCUT2D eigenvalue weighted by molar-refractivity contribution is 7.85. The van der Waals surface area contributed by atoms with E-state index in [1.807, 2.05) is 128 Å². The summed E-state index contributed by atoms with van der Waals surface area (Å²) in [5, 5.41) is 11.5. The van der Waals surface area contributed by atoms with Crippen LogP contribution in [-0.4, -0.2) is 86.6 Å². The quantitative estimate of drug-likeness (QED) is 0.0479. The first-order valence-electron chi connectivity index (χ1n) is 26.1. The minimum atomic E-state index is -1.90. The van der Waals surface area contributed by atoms with E-state index in [0.29, 0.717) is 43.3 Å². The van der Waals surface area contributed by atoms with Crippen molar-refractivity contribution in [3.8, 4) is 34.2 Å². The van der Waals surface area contributed by atoms with Crippen molar-refractivity contribution in [2.75, 3.05) is 0 Å². The maximum atomic E-state index is 12.8. The molecule has 15 nitrogen and oxygen atoms in total. The summed E-state index contributed by atoms with van der Waals surface area (Å²) in [5.41, 5.74) is 7.54. The van der Waals surface area contributed by atoms with E-state index in [1.54, 1.807) is 12.4 Å². The van der Waals surface area contributed by atoms with Gasteiger partial charge >= 0.3 is 0 Å². The zero-order chi connectivity index (χ0) is 55.2. The molecule has 1 atom stereocenters. The molecule has 0 unspecified atom stereocenters. The SMILES string of the molecule is CCCC(=N[S@](=O)C(C)(C)C)c1nccc(-c2ccc3cnn(-c4cccc(CO[Si](C)(C)C(C)(C)C)n4)c3c2)n1.CCCC(=O)c1nccc(-c2ccc3cnn(-c4cccc(CO[Si](C)(C)C(C)(C)C)n4)c3c2)n1. The predicted molar refractivity (Wildman–Crippen MR) is 312 cm³/mol. The summed E-state index contributed by atoms with van der Waals surface area (Å²) in [6.45, 7) is 33.1. The monoisotopic (exact) mass is 1080 g/mol. The summed E-state index contributed by atoms with van der Waals surface area (Å²) in [7, 11) is -5.16. The fourth-order valence-electron chi connectivity index (χ4n) is 7.32. The number of ketones is 1. The van der Waals surface area contributed by atoms with Gasteiger partial charge in [0.2, 0.25) is 0 Å². The third kappa shape index (κ3) is 13.8. The predicted octanol–water partition coefficient (Wildman–Crippen LogP) is 13.8. The Labute approximate surface area is 453 Å². The molecule has 0 saturated heterocycles. The molecule has 0 amide bonds. The second-order valence-electron chi connectivity index (χ2n) is 23.1. The zero-order valence-corrected chi connectivity index (χ0v) is 49.9. The largest absolute Gasteiger partial charge is 0.411 e. The zero-order valence-electron chi connectivity index (χ0n) is 47.1. The Morgan fingerprint density at radius 3 is 1.47 bits per heavy atom. The van der Waals surface area contributed by atoms with Gasteiger partial charge in [0.05, 0.1) is 69.9 Å². The van der Waals surface area contributed by atoms with Gasteiger partial charge in [-0.05, 0) is 118 Å². The van der Waals surface area contributed by atoms with Crippen LogP contribution in [-0.2, 0) is 33.1 Å². The molecule has 6 heterocycles. The van der Waals surface area contributed by atoms with Crippen molar-refractivity contribution >= 4 is 60.9 Å². The van der Waals surface area contributed by atoms with E-state index in [4.69, 9.17) is 23.8 Å². The van der Waals surface area contributed by atoms with E-state index < -0.39 is 32.4 Å². The van der Waals surface area contributed by atoms with Gasteiger partial charge in [0.1, 0.15) is 11.0 Å². The summed E-state index contributed by atoms with van der Waals surface area (Å²) in [5.74, 6) is 2.19. The van der Waals surface area contributed by atoms with Crippen molar-refractivity contribution in [1.29, 1.82) is 0 Å². The lowest BCUT2D eigenvalue weighted by molar-refractivity contribution is 0.0971. The molecule has 0 radical (unpaired) electrons. The van der Waals surface area contributed by atoms with Crippen LogP contribution in [0.25, 0.3) is 56.0 Å². The average Bonchev–Trinajstić information content (AvgIpc) is 4.01. The van der Waals surface area contributed by atoms with Gasteiger partial charge in [-0.1, -0.05) is 98.2 Å². The molecule has 0 fully saturated rings. The Morgan fingerprint density at radius 2 is 1.04 bits per heavy atom. The summed E-state index contributed by atoms with van der Waals surface area (Å²) in [6.07, 6.45) is 9.76. The Kier molecular flexibility index (Phi) is 17.8. The standard InChI is InChI=1S/C31H42N6O2SSi.C27H33N5O2Si/c1-10-12-26(36-40(38)30(2,3)4)29-32-18-17-25(35-29)22-15-16-23-20-33-37(27(23)19-22)28-14-11-13-24(34-28)21-39-41(8,9)31(5,6)7;1-7-9-24(33)26-28-15-14-22(31-26)19-12-13-20-17-29-32(23(20)16-19)25-11-8-10-21(30-25)18-34-35(5,6)27(2,3)4/h11,13-20H,10,12,21H2,1-9H3;8,10-17H,7,9,18H2,1-6H3/t40-;/m1./s1. The van der Waals surface area contributed by atoms with Crippen LogP contribution in [0.4, 0.5) is 0 Å². The number of hydrogen-bond donors (Lipinski definition) is 0. The first-order valence-corrected chi connectivity index (χ1v) is 33.1. The van der Waals surface area contributed by atoms with Gasteiger partial charge in [0.15, 0.2) is 45.7 Å². The van der Waals surface area contributed by atoms with Gasteiger partial charge in [0, 0.05) is 40.7 Å². The number of nitrogens with zero attached hydrogens (tertiary/aromatic N) is 11. The van der Waals surface area contributed by atoms with E-state index >= 15 is 0 Å². The van der Waals surface area contributed by atoms with Crippen LogP contribution in [0.5, 0.6) is 0 Å². The molecule has 0 aliphatic rings. The minimum Gasteiger partial charge on any atom is -0.411 e. The third-order valence-corrected chi connectivity index (χ3v) is 24.4. The van der Waals surface area contributed by atoms with Crippen LogP contribution in [0.2, 0.25) is 36.3 Å². The highest BCUT2D eigenvalue weighted by atomic mass is 32.2. The van der Waals surface area contributed by atoms with E-state index in [1.165, 1.54) is 0 Å². The summed E-state index contributed by atoms with van der Waals surface area (Å²) >= 11 is 0. The topological polar surface area (TPSA) is 178 Å². The van der Waals surface area contributed by atoms with E-state index in [-0.39, 0.29) is 21.7 Å². The average molecular weight is 1080 g/mol. The summed E-state index contributed by atoms with van der Waals surface area (Å²) in [4.78, 5) is 40.0. The van der Waals surface area contributed by atoms with Crippen molar-refractivity contribution in [2.45, 2.75) is 156 Å². The van der Waals surface area contributed by atoms with Crippen LogP contribution in [0.15, 0.2) is 114 Å². The van der Waals surface area contributed by atoms with Crippen molar-refractivity contribution in [3.05, 3.63) is 133 Å². The number of fused-ring (bicyclic) bond motifs is 2. The van der Waals surface area contributed by atoms with Crippen molar-refractivity contribution < 1.29 is 17.9 Å². The molecular weight excluding hydrogens is 1000 g/mol. The van der Waals surface area contributed by atoms with Crippen LogP contribution in [0.1, 0.15) is 130 Å². The first-order chi connectivity index (χ1) is 35.8. The van der Waals surface area contributed by atoms with Crippen LogP contribution in [0.3, 0.4) is 0 Å². The number of Topliss-reactive ketones (excluding diaryl/α,β-unsaturated/α-hetero) is 1. The lowest BCUT2D eigenvalue weighted by Crippen LogP contribution is -2.40. The molecule has 2 aromatic carbocycles. The molecule has 0 spiro atoms. The van der Waals surface area contributed by atoms with E-state index in [2.05, 4.69) is 110 Å². The molecule has 6 aromatic heterocycles. The van der Waals surface area contributed by atoms with Gasteiger partial charge in [-0.25, -0.2) is 43.5 Å². The maximum absolute atomic E-state index is 12.8. The molecule has 0 bridgehead atoms. The fourth-order valence-corrected chi connectivity index (χ4v) is 9.85. The molecule has 0 aliphatic carbocycles. The molecule has 0 aliphatic heterocycles. The van der Waals surface area contributed by atoms with Gasteiger partial charge in [-0.2, -0.15) is 14.6 Å². The van der Waals surface area contributed by atoms with Crippen molar-refractivity contribution in [2.24, 2.45) is 4.40 Å². The second kappa shape index (κ2) is 23.5. The second-order valence-corrected chi connectivity index (χ2v) is 34.6.